The van der Waals surface area contributed by atoms with Gasteiger partial charge in [-0.2, -0.15) is 0 Å². The molecule has 0 fully saturated rings. The standard InChI is InChI=1S/C21H29NO2/c1-3-5-6-7-8-9-13-17-15-16-12-10-11-14-18(16)20(22)19(17)21(23)24-4-2/h10-12,14-15H,3-9,13,22H2,1-2H3. The van der Waals surface area contributed by atoms with Gasteiger partial charge in [-0.05, 0) is 30.7 Å². The molecule has 3 heteroatoms. The minimum Gasteiger partial charge on any atom is -0.462 e. The minimum absolute atomic E-state index is 0.304. The van der Waals surface area contributed by atoms with E-state index in [1.165, 1.54) is 32.1 Å². The largest absolute Gasteiger partial charge is 0.462 e. The van der Waals surface area contributed by atoms with Gasteiger partial charge in [-0.3, -0.25) is 0 Å². The Balaban J connectivity index is 2.22. The van der Waals surface area contributed by atoms with E-state index in [1.807, 2.05) is 31.2 Å². The summed E-state index contributed by atoms with van der Waals surface area (Å²) in [6.07, 6.45) is 8.25. The lowest BCUT2D eigenvalue weighted by Crippen LogP contribution is -2.12. The fourth-order valence-electron chi connectivity index (χ4n) is 3.17. The molecule has 3 nitrogen and oxygen atoms in total. The molecule has 0 bridgehead atoms. The van der Waals surface area contributed by atoms with Crippen LogP contribution in [-0.2, 0) is 11.2 Å². The van der Waals surface area contributed by atoms with Crippen LogP contribution in [0, 0.1) is 0 Å². The number of ether oxygens (including phenoxy) is 1. The van der Waals surface area contributed by atoms with Crippen molar-refractivity contribution < 1.29 is 9.53 Å². The zero-order valence-corrected chi connectivity index (χ0v) is 14.9. The van der Waals surface area contributed by atoms with Crippen molar-refractivity contribution in [2.24, 2.45) is 0 Å². The van der Waals surface area contributed by atoms with Crippen LogP contribution < -0.4 is 5.73 Å². The van der Waals surface area contributed by atoms with Crippen LogP contribution in [0.1, 0.15) is 68.3 Å². The third kappa shape index (κ3) is 4.50. The Morgan fingerprint density at radius 1 is 1.04 bits per heavy atom. The Labute approximate surface area is 145 Å². The molecule has 2 N–H and O–H groups in total. The number of carbonyl (C=O) groups excluding carboxylic acids is 1. The average molecular weight is 327 g/mol. The van der Waals surface area contributed by atoms with Crippen molar-refractivity contribution in [2.45, 2.75) is 58.8 Å². The van der Waals surface area contributed by atoms with E-state index in [4.69, 9.17) is 10.5 Å². The second-order valence-electron chi connectivity index (χ2n) is 6.28. The molecule has 0 atom stereocenters. The number of anilines is 1. The van der Waals surface area contributed by atoms with Crippen LogP contribution in [0.3, 0.4) is 0 Å². The van der Waals surface area contributed by atoms with Gasteiger partial charge in [0.25, 0.3) is 0 Å². The monoisotopic (exact) mass is 327 g/mol. The number of carbonyl (C=O) groups is 1. The Bertz CT molecular complexity index is 679. The molecule has 0 aromatic heterocycles. The summed E-state index contributed by atoms with van der Waals surface area (Å²) in [6, 6.07) is 10.1. The maximum absolute atomic E-state index is 12.4. The summed E-state index contributed by atoms with van der Waals surface area (Å²) in [7, 11) is 0. The number of benzene rings is 2. The molecule has 0 spiro atoms. The number of hydrogen-bond acceptors (Lipinski definition) is 3. The lowest BCUT2D eigenvalue weighted by atomic mass is 9.94. The number of nitrogen functional groups attached to an aromatic ring is 1. The highest BCUT2D eigenvalue weighted by Crippen LogP contribution is 2.30. The molecule has 0 heterocycles. The summed E-state index contributed by atoms with van der Waals surface area (Å²) >= 11 is 0. The third-order valence-electron chi connectivity index (χ3n) is 4.45. The molecule has 0 aliphatic rings. The van der Waals surface area contributed by atoms with Gasteiger partial charge in [-0.25, -0.2) is 4.79 Å². The highest BCUT2D eigenvalue weighted by atomic mass is 16.5. The molecule has 0 aliphatic carbocycles. The van der Waals surface area contributed by atoms with Crippen LogP contribution in [-0.4, -0.2) is 12.6 Å². The Morgan fingerprint density at radius 2 is 1.75 bits per heavy atom. The average Bonchev–Trinajstić information content (AvgIpc) is 2.58. The van der Waals surface area contributed by atoms with Crippen LogP contribution in [0.15, 0.2) is 30.3 Å². The lowest BCUT2D eigenvalue weighted by molar-refractivity contribution is 0.0526. The van der Waals surface area contributed by atoms with E-state index < -0.39 is 0 Å². The van der Waals surface area contributed by atoms with Gasteiger partial charge >= 0.3 is 5.97 Å². The lowest BCUT2D eigenvalue weighted by Gasteiger charge is -2.14. The number of rotatable bonds is 9. The van der Waals surface area contributed by atoms with Gasteiger partial charge in [0.2, 0.25) is 0 Å². The number of esters is 1. The summed E-state index contributed by atoms with van der Waals surface area (Å²) < 4.78 is 5.24. The van der Waals surface area contributed by atoms with Gasteiger partial charge in [-0.15, -0.1) is 0 Å². The van der Waals surface area contributed by atoms with Gasteiger partial charge in [0.05, 0.1) is 17.9 Å². The molecule has 0 aliphatic heterocycles. The molecule has 0 unspecified atom stereocenters. The molecule has 2 rings (SSSR count). The van der Waals surface area contributed by atoms with E-state index in [9.17, 15) is 4.79 Å². The summed E-state index contributed by atoms with van der Waals surface area (Å²) in [5.74, 6) is -0.304. The molecular formula is C21H29NO2. The van der Waals surface area contributed by atoms with Gasteiger partial charge in [0, 0.05) is 5.39 Å². The predicted octanol–water partition coefficient (Wildman–Crippen LogP) is 5.50. The first kappa shape index (κ1) is 18.3. The number of fused-ring (bicyclic) bond motifs is 1. The van der Waals surface area contributed by atoms with E-state index >= 15 is 0 Å². The number of aryl methyl sites for hydroxylation is 1. The second kappa shape index (κ2) is 9.31. The van der Waals surface area contributed by atoms with Crippen molar-refractivity contribution in [3.05, 3.63) is 41.5 Å². The zero-order chi connectivity index (χ0) is 17.4. The van der Waals surface area contributed by atoms with E-state index in [-0.39, 0.29) is 5.97 Å². The van der Waals surface area contributed by atoms with Crippen molar-refractivity contribution in [1.29, 1.82) is 0 Å². The van der Waals surface area contributed by atoms with E-state index in [2.05, 4.69) is 13.0 Å². The first-order valence-corrected chi connectivity index (χ1v) is 9.16. The molecule has 2 aromatic rings. The Kier molecular flexibility index (Phi) is 7.10. The van der Waals surface area contributed by atoms with Gasteiger partial charge in [-0.1, -0.05) is 69.4 Å². The third-order valence-corrected chi connectivity index (χ3v) is 4.45. The van der Waals surface area contributed by atoms with E-state index in [1.54, 1.807) is 0 Å². The number of unbranched alkanes of at least 4 members (excludes halogenated alkanes) is 5. The van der Waals surface area contributed by atoms with Crippen LogP contribution >= 0.6 is 0 Å². The molecule has 0 saturated carbocycles. The smallest absolute Gasteiger partial charge is 0.340 e. The van der Waals surface area contributed by atoms with Crippen molar-refractivity contribution in [2.75, 3.05) is 12.3 Å². The zero-order valence-electron chi connectivity index (χ0n) is 14.9. The van der Waals surface area contributed by atoms with Crippen molar-refractivity contribution in [1.82, 2.24) is 0 Å². The number of hydrogen-bond donors (Lipinski definition) is 1. The minimum atomic E-state index is -0.304. The predicted molar refractivity (Wildman–Crippen MR) is 101 cm³/mol. The van der Waals surface area contributed by atoms with E-state index in [0.29, 0.717) is 17.9 Å². The van der Waals surface area contributed by atoms with Gasteiger partial charge in [0.15, 0.2) is 0 Å². The van der Waals surface area contributed by atoms with E-state index in [0.717, 1.165) is 29.2 Å². The van der Waals surface area contributed by atoms with Crippen molar-refractivity contribution in [3.63, 3.8) is 0 Å². The van der Waals surface area contributed by atoms with Crippen molar-refractivity contribution in [3.8, 4) is 0 Å². The summed E-state index contributed by atoms with van der Waals surface area (Å²) in [4.78, 5) is 12.4. The normalized spacial score (nSPS) is 10.9. The quantitative estimate of drug-likeness (QED) is 0.376. The van der Waals surface area contributed by atoms with Crippen LogP contribution in [0.2, 0.25) is 0 Å². The first-order chi connectivity index (χ1) is 11.7. The first-order valence-electron chi connectivity index (χ1n) is 9.16. The molecule has 2 aromatic carbocycles. The van der Waals surface area contributed by atoms with Crippen LogP contribution in [0.5, 0.6) is 0 Å². The summed E-state index contributed by atoms with van der Waals surface area (Å²) in [5.41, 5.74) is 8.44. The molecule has 0 amide bonds. The maximum atomic E-state index is 12.4. The maximum Gasteiger partial charge on any atom is 0.340 e. The Morgan fingerprint density at radius 3 is 2.50 bits per heavy atom. The molecule has 24 heavy (non-hydrogen) atoms. The van der Waals surface area contributed by atoms with Crippen LogP contribution in [0.4, 0.5) is 5.69 Å². The molecule has 0 saturated heterocycles. The summed E-state index contributed by atoms with van der Waals surface area (Å²) in [5, 5.41) is 2.01. The fourth-order valence-corrected chi connectivity index (χ4v) is 3.17. The SMILES string of the molecule is CCCCCCCCc1cc2ccccc2c(N)c1C(=O)OCC. The van der Waals surface area contributed by atoms with Crippen molar-refractivity contribution >= 4 is 22.4 Å². The number of nitrogens with two attached hydrogens (primary N) is 1. The highest BCUT2D eigenvalue weighted by molar-refractivity contribution is 6.07. The molecular weight excluding hydrogens is 298 g/mol. The highest BCUT2D eigenvalue weighted by Gasteiger charge is 2.18. The van der Waals surface area contributed by atoms with Crippen LogP contribution in [0.25, 0.3) is 10.8 Å². The molecule has 130 valence electrons. The Hall–Kier alpha value is -2.03. The fraction of sp³-hybridized carbons (Fsp3) is 0.476. The molecule has 0 radical (unpaired) electrons. The van der Waals surface area contributed by atoms with Gasteiger partial charge in [0.1, 0.15) is 0 Å². The summed E-state index contributed by atoms with van der Waals surface area (Å²) in [6.45, 7) is 4.41. The van der Waals surface area contributed by atoms with Gasteiger partial charge < -0.3 is 10.5 Å². The second-order valence-corrected chi connectivity index (χ2v) is 6.28. The topological polar surface area (TPSA) is 52.3 Å².